The molecule has 28 heavy (non-hydrogen) atoms. The van der Waals surface area contributed by atoms with Gasteiger partial charge in [-0.15, -0.1) is 0 Å². The van der Waals surface area contributed by atoms with E-state index in [4.69, 9.17) is 17.3 Å². The molecule has 0 radical (unpaired) electrons. The van der Waals surface area contributed by atoms with Gasteiger partial charge in [-0.2, -0.15) is 0 Å². The number of hydrogen-bond donors (Lipinski definition) is 2. The van der Waals surface area contributed by atoms with Crippen molar-refractivity contribution in [1.82, 2.24) is 14.9 Å². The van der Waals surface area contributed by atoms with Crippen molar-refractivity contribution in [3.05, 3.63) is 63.4 Å². The number of benzene rings is 2. The molecule has 0 unspecified atom stereocenters. The number of rotatable bonds is 6. The molecule has 0 saturated carbocycles. The second kappa shape index (κ2) is 8.45. The van der Waals surface area contributed by atoms with Gasteiger partial charge in [0, 0.05) is 5.02 Å². The first-order chi connectivity index (χ1) is 13.4. The summed E-state index contributed by atoms with van der Waals surface area (Å²) in [6, 6.07) is 12.3. The molecule has 3 aromatic rings. The van der Waals surface area contributed by atoms with Crippen molar-refractivity contribution in [3.63, 3.8) is 0 Å². The van der Waals surface area contributed by atoms with Crippen LogP contribution in [0.4, 0.5) is 0 Å². The molecule has 0 aliphatic rings. The Kier molecular flexibility index (Phi) is 6.01. The molecule has 0 saturated heterocycles. The van der Waals surface area contributed by atoms with Crippen LogP contribution < -0.4 is 16.6 Å². The second-order valence-corrected chi connectivity index (χ2v) is 7.32. The van der Waals surface area contributed by atoms with E-state index in [1.54, 1.807) is 42.5 Å². The van der Waals surface area contributed by atoms with Crippen molar-refractivity contribution in [2.45, 2.75) is 12.1 Å². The van der Waals surface area contributed by atoms with Gasteiger partial charge in [-0.25, -0.2) is 4.98 Å². The Hall–Kier alpha value is -2.84. The Morgan fingerprint density at radius 3 is 2.71 bits per heavy atom. The molecule has 7 nitrogen and oxygen atoms in total. The number of carbonyl (C=O) groups is 2. The van der Waals surface area contributed by atoms with Crippen molar-refractivity contribution in [3.8, 4) is 5.69 Å². The van der Waals surface area contributed by atoms with E-state index < -0.39 is 5.91 Å². The number of thioether (sulfide) groups is 1. The highest BCUT2D eigenvalue weighted by Crippen LogP contribution is 2.26. The number of hydrogen-bond acceptors (Lipinski definition) is 5. The lowest BCUT2D eigenvalue weighted by Crippen LogP contribution is -2.34. The van der Waals surface area contributed by atoms with Crippen LogP contribution in [0.15, 0.2) is 52.4 Å². The zero-order valence-corrected chi connectivity index (χ0v) is 16.5. The van der Waals surface area contributed by atoms with Crippen LogP contribution in [0.2, 0.25) is 5.02 Å². The van der Waals surface area contributed by atoms with Crippen LogP contribution in [0.5, 0.6) is 0 Å². The summed E-state index contributed by atoms with van der Waals surface area (Å²) in [6.45, 7) is 1.57. The number of nitrogens with two attached hydrogens (primary N) is 1. The summed E-state index contributed by atoms with van der Waals surface area (Å²) in [5.74, 6) is -1.05. The highest BCUT2D eigenvalue weighted by Gasteiger charge is 2.17. The topological polar surface area (TPSA) is 107 Å². The Morgan fingerprint density at radius 1 is 1.21 bits per heavy atom. The highest BCUT2D eigenvalue weighted by molar-refractivity contribution is 7.99. The molecule has 0 aliphatic heterocycles. The largest absolute Gasteiger partial charge is 0.368 e. The van der Waals surface area contributed by atoms with Crippen molar-refractivity contribution >= 4 is 46.1 Å². The summed E-state index contributed by atoms with van der Waals surface area (Å²) in [4.78, 5) is 40.5. The van der Waals surface area contributed by atoms with Gasteiger partial charge in [-0.1, -0.05) is 41.6 Å². The van der Waals surface area contributed by atoms with Gasteiger partial charge in [0.15, 0.2) is 5.16 Å². The van der Waals surface area contributed by atoms with Gasteiger partial charge in [0.05, 0.1) is 28.9 Å². The lowest BCUT2D eigenvalue weighted by atomic mass is 10.2. The first-order valence-electron chi connectivity index (χ1n) is 8.33. The van der Waals surface area contributed by atoms with Crippen LogP contribution in [0.25, 0.3) is 16.6 Å². The number of nitrogens with one attached hydrogen (secondary N) is 1. The molecule has 3 rings (SSSR count). The summed E-state index contributed by atoms with van der Waals surface area (Å²) in [7, 11) is 0. The van der Waals surface area contributed by atoms with E-state index in [2.05, 4.69) is 10.3 Å². The molecular formula is C19H17ClN4O3S. The first-order valence-corrected chi connectivity index (χ1v) is 9.70. The molecule has 3 N–H and O–H groups in total. The van der Waals surface area contributed by atoms with Gasteiger partial charge < -0.3 is 11.1 Å². The average Bonchev–Trinajstić information content (AvgIpc) is 2.67. The van der Waals surface area contributed by atoms with E-state index in [1.807, 2.05) is 6.92 Å². The smallest absolute Gasteiger partial charge is 0.266 e. The third-order valence-electron chi connectivity index (χ3n) is 4.02. The second-order valence-electron chi connectivity index (χ2n) is 5.97. The molecule has 2 amide bonds. The van der Waals surface area contributed by atoms with E-state index in [-0.39, 0.29) is 23.8 Å². The first kappa shape index (κ1) is 19.9. The molecule has 0 spiro atoms. The van der Waals surface area contributed by atoms with Crippen LogP contribution in [-0.4, -0.2) is 33.7 Å². The number of fused-ring (bicyclic) bond motifs is 1. The van der Waals surface area contributed by atoms with Crippen LogP contribution in [0.3, 0.4) is 0 Å². The van der Waals surface area contributed by atoms with Gasteiger partial charge in [0.1, 0.15) is 0 Å². The van der Waals surface area contributed by atoms with Crippen LogP contribution >= 0.6 is 23.4 Å². The van der Waals surface area contributed by atoms with Gasteiger partial charge in [0.2, 0.25) is 11.8 Å². The molecule has 1 heterocycles. The van der Waals surface area contributed by atoms with Crippen molar-refractivity contribution in [2.75, 3.05) is 12.3 Å². The summed E-state index contributed by atoms with van der Waals surface area (Å²) in [5, 5.41) is 3.75. The van der Waals surface area contributed by atoms with E-state index in [9.17, 15) is 14.4 Å². The van der Waals surface area contributed by atoms with Crippen molar-refractivity contribution in [2.24, 2.45) is 5.73 Å². The number of carbonyl (C=O) groups excluding carboxylic acids is 2. The standard InChI is InChI=1S/C19H17ClN4O3S/c1-11-13(20)6-4-8-15(11)24-18(27)12-5-2-3-7-14(12)23-19(24)28-10-17(26)22-9-16(21)25/h2-8H,9-10H2,1H3,(H2,21,25)(H,22,26). The minimum atomic E-state index is -0.631. The normalized spacial score (nSPS) is 10.8. The van der Waals surface area contributed by atoms with Crippen LogP contribution in [0, 0.1) is 6.92 Å². The van der Waals surface area contributed by atoms with Gasteiger partial charge in [0.25, 0.3) is 5.56 Å². The quantitative estimate of drug-likeness (QED) is 0.472. The minimum Gasteiger partial charge on any atom is -0.368 e. The molecule has 0 aliphatic carbocycles. The molecule has 9 heteroatoms. The Bertz CT molecular complexity index is 1130. The van der Waals surface area contributed by atoms with Crippen molar-refractivity contribution in [1.29, 1.82) is 0 Å². The molecule has 0 atom stereocenters. The molecule has 1 aromatic heterocycles. The number of halogens is 1. The van der Waals surface area contributed by atoms with Gasteiger partial charge in [-0.3, -0.25) is 19.0 Å². The van der Waals surface area contributed by atoms with Crippen LogP contribution in [0.1, 0.15) is 5.56 Å². The monoisotopic (exact) mass is 416 g/mol. The van der Waals surface area contributed by atoms with E-state index in [0.717, 1.165) is 17.3 Å². The predicted octanol–water partition coefficient (Wildman–Crippen LogP) is 2.04. The minimum absolute atomic E-state index is 0.0301. The maximum atomic E-state index is 13.2. The fourth-order valence-corrected chi connectivity index (χ4v) is 3.63. The lowest BCUT2D eigenvalue weighted by molar-refractivity contribution is -0.123. The molecular weight excluding hydrogens is 400 g/mol. The predicted molar refractivity (Wildman–Crippen MR) is 110 cm³/mol. The third-order valence-corrected chi connectivity index (χ3v) is 5.37. The lowest BCUT2D eigenvalue weighted by Gasteiger charge is -2.15. The van der Waals surface area contributed by atoms with E-state index in [0.29, 0.717) is 26.8 Å². The SMILES string of the molecule is Cc1c(Cl)cccc1-n1c(SCC(=O)NCC(N)=O)nc2ccccc2c1=O. The molecule has 0 bridgehead atoms. The maximum Gasteiger partial charge on any atom is 0.266 e. The third kappa shape index (κ3) is 4.18. The summed E-state index contributed by atoms with van der Waals surface area (Å²) < 4.78 is 1.45. The molecule has 144 valence electrons. The fraction of sp³-hybridized carbons (Fsp3) is 0.158. The zero-order chi connectivity index (χ0) is 20.3. The number of amides is 2. The number of para-hydroxylation sites is 1. The number of nitrogens with zero attached hydrogens (tertiary/aromatic N) is 2. The highest BCUT2D eigenvalue weighted by atomic mass is 35.5. The Labute approximate surface area is 169 Å². The number of primary amides is 1. The van der Waals surface area contributed by atoms with E-state index in [1.165, 1.54) is 4.57 Å². The average molecular weight is 417 g/mol. The number of aromatic nitrogens is 2. The maximum absolute atomic E-state index is 13.2. The van der Waals surface area contributed by atoms with Crippen molar-refractivity contribution < 1.29 is 9.59 Å². The van der Waals surface area contributed by atoms with Gasteiger partial charge in [-0.05, 0) is 36.8 Å². The fourth-order valence-electron chi connectivity index (χ4n) is 2.63. The molecule has 0 fully saturated rings. The summed E-state index contributed by atoms with van der Waals surface area (Å²) >= 11 is 7.32. The van der Waals surface area contributed by atoms with Gasteiger partial charge >= 0.3 is 0 Å². The molecule has 2 aromatic carbocycles. The Morgan fingerprint density at radius 2 is 1.96 bits per heavy atom. The summed E-state index contributed by atoms with van der Waals surface area (Å²) in [6.07, 6.45) is 0. The zero-order valence-electron chi connectivity index (χ0n) is 14.9. The Balaban J connectivity index is 2.07. The van der Waals surface area contributed by atoms with Crippen LogP contribution in [-0.2, 0) is 9.59 Å². The van der Waals surface area contributed by atoms with E-state index >= 15 is 0 Å². The summed E-state index contributed by atoms with van der Waals surface area (Å²) in [5.41, 5.74) is 6.63.